The van der Waals surface area contributed by atoms with Gasteiger partial charge in [0.05, 0.1) is 5.60 Å². The second-order valence-electron chi connectivity index (χ2n) is 6.36. The zero-order valence-electron chi connectivity index (χ0n) is 12.0. The van der Waals surface area contributed by atoms with Crippen molar-refractivity contribution >= 4 is 0 Å². The number of rotatable bonds is 6. The van der Waals surface area contributed by atoms with Crippen LogP contribution < -0.4 is 5.73 Å². The molecule has 1 rings (SSSR count). The first kappa shape index (κ1) is 15.0. The van der Waals surface area contributed by atoms with Crippen LogP contribution in [0, 0.1) is 5.92 Å². The van der Waals surface area contributed by atoms with E-state index in [1.807, 2.05) is 0 Å². The number of methoxy groups -OCH3 is 1. The predicted molar refractivity (Wildman–Crippen MR) is 74.1 cm³/mol. The fourth-order valence-corrected chi connectivity index (χ4v) is 2.78. The fraction of sp³-hybridized carbons (Fsp3) is 1.00. The van der Waals surface area contributed by atoms with Gasteiger partial charge < -0.3 is 10.5 Å². The van der Waals surface area contributed by atoms with Crippen LogP contribution in [0.4, 0.5) is 0 Å². The second kappa shape index (κ2) is 7.38. The minimum atomic E-state index is -0.0128. The molecule has 1 saturated carbocycles. The lowest BCUT2D eigenvalue weighted by atomic mass is 9.89. The Kier molecular flexibility index (Phi) is 6.50. The van der Waals surface area contributed by atoms with Crippen molar-refractivity contribution in [2.24, 2.45) is 11.7 Å². The van der Waals surface area contributed by atoms with Gasteiger partial charge in [0, 0.05) is 13.2 Å². The summed E-state index contributed by atoms with van der Waals surface area (Å²) in [6.45, 7) is 4.29. The molecule has 1 unspecified atom stereocenters. The summed E-state index contributed by atoms with van der Waals surface area (Å²) >= 11 is 0. The highest BCUT2D eigenvalue weighted by molar-refractivity contribution is 4.75. The SMILES string of the molecule is COC(C)(C)CCC(N)CC1CCCCCC1. The standard InChI is InChI=1S/C15H31NO/c1-15(2,17-3)11-10-14(16)12-13-8-6-4-5-7-9-13/h13-14H,4-12,16H2,1-3H3. The molecule has 17 heavy (non-hydrogen) atoms. The lowest BCUT2D eigenvalue weighted by Gasteiger charge is -2.26. The largest absolute Gasteiger partial charge is 0.379 e. The summed E-state index contributed by atoms with van der Waals surface area (Å²) in [5, 5.41) is 0. The van der Waals surface area contributed by atoms with Crippen LogP contribution in [0.1, 0.15) is 71.6 Å². The van der Waals surface area contributed by atoms with Gasteiger partial charge in [-0.3, -0.25) is 0 Å². The molecule has 1 atom stereocenters. The quantitative estimate of drug-likeness (QED) is 0.716. The highest BCUT2D eigenvalue weighted by Crippen LogP contribution is 2.27. The van der Waals surface area contributed by atoms with E-state index in [2.05, 4.69) is 13.8 Å². The monoisotopic (exact) mass is 241 g/mol. The minimum absolute atomic E-state index is 0.0128. The van der Waals surface area contributed by atoms with Gasteiger partial charge in [0.15, 0.2) is 0 Å². The first-order valence-electron chi connectivity index (χ1n) is 7.34. The Balaban J connectivity index is 2.21. The summed E-state index contributed by atoms with van der Waals surface area (Å²) in [4.78, 5) is 0. The van der Waals surface area contributed by atoms with Crippen molar-refractivity contribution in [1.29, 1.82) is 0 Å². The van der Waals surface area contributed by atoms with Crippen LogP contribution in [0.15, 0.2) is 0 Å². The average molecular weight is 241 g/mol. The Hall–Kier alpha value is -0.0800. The van der Waals surface area contributed by atoms with Gasteiger partial charge in [-0.15, -0.1) is 0 Å². The van der Waals surface area contributed by atoms with Crippen LogP contribution in [0.2, 0.25) is 0 Å². The topological polar surface area (TPSA) is 35.2 Å². The van der Waals surface area contributed by atoms with Crippen LogP contribution in [-0.4, -0.2) is 18.8 Å². The van der Waals surface area contributed by atoms with Gasteiger partial charge in [-0.05, 0) is 39.0 Å². The summed E-state index contributed by atoms with van der Waals surface area (Å²) in [5.74, 6) is 0.887. The van der Waals surface area contributed by atoms with E-state index in [1.54, 1.807) is 7.11 Å². The summed E-state index contributed by atoms with van der Waals surface area (Å²) in [6.07, 6.45) is 11.9. The summed E-state index contributed by atoms with van der Waals surface area (Å²) in [6, 6.07) is 0.368. The Morgan fingerprint density at radius 2 is 1.76 bits per heavy atom. The second-order valence-corrected chi connectivity index (χ2v) is 6.36. The van der Waals surface area contributed by atoms with E-state index >= 15 is 0 Å². The lowest BCUT2D eigenvalue weighted by Crippen LogP contribution is -2.29. The summed E-state index contributed by atoms with van der Waals surface area (Å²) < 4.78 is 5.44. The maximum atomic E-state index is 6.26. The maximum absolute atomic E-state index is 6.26. The molecule has 2 nitrogen and oxygen atoms in total. The molecule has 2 heteroatoms. The molecule has 0 aliphatic heterocycles. The third kappa shape index (κ3) is 6.42. The molecule has 0 spiro atoms. The molecular weight excluding hydrogens is 210 g/mol. The van der Waals surface area contributed by atoms with Gasteiger partial charge in [-0.1, -0.05) is 38.5 Å². The van der Waals surface area contributed by atoms with Crippen molar-refractivity contribution in [3.8, 4) is 0 Å². The third-order valence-corrected chi connectivity index (χ3v) is 4.28. The zero-order valence-corrected chi connectivity index (χ0v) is 12.0. The highest BCUT2D eigenvalue weighted by atomic mass is 16.5. The normalized spacial score (nSPS) is 21.2. The molecule has 2 N–H and O–H groups in total. The van der Waals surface area contributed by atoms with E-state index in [-0.39, 0.29) is 5.60 Å². The summed E-state index contributed by atoms with van der Waals surface area (Å²) in [5.41, 5.74) is 6.25. The molecule has 0 amide bonds. The molecule has 1 aliphatic rings. The maximum Gasteiger partial charge on any atom is 0.0623 e. The van der Waals surface area contributed by atoms with Gasteiger partial charge in [-0.2, -0.15) is 0 Å². The van der Waals surface area contributed by atoms with Crippen molar-refractivity contribution in [1.82, 2.24) is 0 Å². The molecule has 1 fully saturated rings. The Bertz CT molecular complexity index is 195. The molecule has 0 saturated heterocycles. The first-order chi connectivity index (χ1) is 8.03. The van der Waals surface area contributed by atoms with E-state index in [1.165, 1.54) is 44.9 Å². The smallest absolute Gasteiger partial charge is 0.0623 e. The number of hydrogen-bond donors (Lipinski definition) is 1. The van der Waals surface area contributed by atoms with Crippen molar-refractivity contribution in [3.63, 3.8) is 0 Å². The molecule has 0 aromatic rings. The number of nitrogens with two attached hydrogens (primary N) is 1. The fourth-order valence-electron chi connectivity index (χ4n) is 2.78. The van der Waals surface area contributed by atoms with Crippen LogP contribution >= 0.6 is 0 Å². The van der Waals surface area contributed by atoms with Crippen molar-refractivity contribution in [2.45, 2.75) is 83.3 Å². The minimum Gasteiger partial charge on any atom is -0.379 e. The molecule has 0 heterocycles. The molecule has 0 aromatic carbocycles. The van der Waals surface area contributed by atoms with Crippen LogP contribution in [0.5, 0.6) is 0 Å². The van der Waals surface area contributed by atoms with Crippen molar-refractivity contribution < 1.29 is 4.74 Å². The Morgan fingerprint density at radius 3 is 2.29 bits per heavy atom. The van der Waals surface area contributed by atoms with E-state index in [9.17, 15) is 0 Å². The summed E-state index contributed by atoms with van der Waals surface area (Å²) in [7, 11) is 1.79. The molecule has 1 aliphatic carbocycles. The van der Waals surface area contributed by atoms with Crippen LogP contribution in [0.25, 0.3) is 0 Å². The van der Waals surface area contributed by atoms with E-state index in [0.717, 1.165) is 18.8 Å². The lowest BCUT2D eigenvalue weighted by molar-refractivity contribution is 0.0120. The van der Waals surface area contributed by atoms with Gasteiger partial charge in [-0.25, -0.2) is 0 Å². The van der Waals surface area contributed by atoms with E-state index in [4.69, 9.17) is 10.5 Å². The molecule has 0 bridgehead atoms. The molecular formula is C15H31NO. The van der Waals surface area contributed by atoms with E-state index < -0.39 is 0 Å². The Morgan fingerprint density at radius 1 is 1.18 bits per heavy atom. The predicted octanol–water partition coefficient (Wildman–Crippen LogP) is 3.88. The van der Waals surface area contributed by atoms with Gasteiger partial charge >= 0.3 is 0 Å². The first-order valence-corrected chi connectivity index (χ1v) is 7.34. The number of hydrogen-bond acceptors (Lipinski definition) is 2. The van der Waals surface area contributed by atoms with Crippen molar-refractivity contribution in [3.05, 3.63) is 0 Å². The third-order valence-electron chi connectivity index (χ3n) is 4.28. The van der Waals surface area contributed by atoms with E-state index in [0.29, 0.717) is 6.04 Å². The molecule has 0 radical (unpaired) electrons. The highest BCUT2D eigenvalue weighted by Gasteiger charge is 2.20. The van der Waals surface area contributed by atoms with Crippen LogP contribution in [-0.2, 0) is 4.74 Å². The molecule has 102 valence electrons. The number of ether oxygens (including phenoxy) is 1. The zero-order chi connectivity index (χ0) is 12.7. The van der Waals surface area contributed by atoms with Crippen LogP contribution in [0.3, 0.4) is 0 Å². The molecule has 0 aromatic heterocycles. The van der Waals surface area contributed by atoms with Gasteiger partial charge in [0.2, 0.25) is 0 Å². The van der Waals surface area contributed by atoms with Gasteiger partial charge in [0.1, 0.15) is 0 Å². The Labute approximate surface area is 107 Å². The average Bonchev–Trinajstić information content (AvgIpc) is 2.55. The van der Waals surface area contributed by atoms with Gasteiger partial charge in [0.25, 0.3) is 0 Å². The van der Waals surface area contributed by atoms with Crippen molar-refractivity contribution in [2.75, 3.05) is 7.11 Å².